The number of carbonyl (C=O) groups excluding carboxylic acids is 2. The summed E-state index contributed by atoms with van der Waals surface area (Å²) >= 11 is 1.07. The molecule has 1 aliphatic rings. The summed E-state index contributed by atoms with van der Waals surface area (Å²) in [4.78, 5) is 66.7. The molecule has 1 saturated carbocycles. The molecule has 0 amide bonds. The second kappa shape index (κ2) is 41.7. The normalized spacial score (nSPS) is 22.4. The smallest absolute Gasteiger partial charge is 0.472 e. The molecule has 1 aliphatic carbocycles. The minimum absolute atomic E-state index is 0.0218. The van der Waals surface area contributed by atoms with Gasteiger partial charge in [-0.25, -0.2) is 9.13 Å². The van der Waals surface area contributed by atoms with Crippen LogP contribution in [0.5, 0.6) is 0 Å². The molecule has 428 valence electrons. The van der Waals surface area contributed by atoms with Crippen molar-refractivity contribution < 1.29 is 91.9 Å². The first-order valence-corrected chi connectivity index (χ1v) is 29.8. The Labute approximate surface area is 447 Å². The standard InChI is InChI=1S/C52H85NO19P2S/c1-3-5-7-9-11-13-15-17-18-19-20-21-23-25-27-29-31-36-45(57)68-37-40(38-69-74(66,67)72-51-49(61)47(59)46(58)48(60)50(51)71-73(63,64)65)70-52(62)41(53)39-75-43(42(54)33-32-35-44(55)56)34-30-28-26-24-22-16-14-12-10-8-6-4-2/h5,7,11-14,17-18,20-22,24,26,28,30,34,40-43,46-51,54,58-61H,3-4,6,8-10,15-16,19,23,25,27,29,31-33,35-39,53H2,1-2H3,(H,55,56)(H,66,67)(H2,63,64,65)/b7-5-,13-11-,14-12-,18-17-,21-20-,24-22-,28-26+,34-30+/t40-,41+,42+,43-,46+,47+,48-,49-,50-,51+/m1/s1. The van der Waals surface area contributed by atoms with Crippen LogP contribution in [0.4, 0.5) is 0 Å². The van der Waals surface area contributed by atoms with Crippen molar-refractivity contribution in [1.82, 2.24) is 0 Å². The van der Waals surface area contributed by atoms with E-state index in [0.29, 0.717) is 12.8 Å². The third kappa shape index (κ3) is 34.9. The zero-order valence-electron chi connectivity index (χ0n) is 43.3. The number of hydrogen-bond acceptors (Lipinski definition) is 17. The minimum Gasteiger partial charge on any atom is -0.481 e. The third-order valence-electron chi connectivity index (χ3n) is 11.1. The van der Waals surface area contributed by atoms with Crippen LogP contribution in [0, 0.1) is 0 Å². The number of hydrogen-bond donors (Lipinski definition) is 10. The maximum Gasteiger partial charge on any atom is 0.472 e. The molecule has 0 aromatic heterocycles. The van der Waals surface area contributed by atoms with E-state index in [1.54, 1.807) is 24.3 Å². The summed E-state index contributed by atoms with van der Waals surface area (Å²) in [5.41, 5.74) is 6.21. The van der Waals surface area contributed by atoms with Crippen LogP contribution in [0.2, 0.25) is 0 Å². The second-order valence-electron chi connectivity index (χ2n) is 17.7. The Morgan fingerprint density at radius 3 is 1.77 bits per heavy atom. The molecule has 0 spiro atoms. The van der Waals surface area contributed by atoms with Crippen LogP contribution in [0.1, 0.15) is 129 Å². The molecule has 20 nitrogen and oxygen atoms in total. The molecule has 0 bridgehead atoms. The molecule has 1 fully saturated rings. The van der Waals surface area contributed by atoms with Crippen molar-refractivity contribution in [3.8, 4) is 0 Å². The van der Waals surface area contributed by atoms with Crippen molar-refractivity contribution in [3.63, 3.8) is 0 Å². The van der Waals surface area contributed by atoms with Gasteiger partial charge in [-0.1, -0.05) is 137 Å². The van der Waals surface area contributed by atoms with Crippen molar-refractivity contribution in [1.29, 1.82) is 0 Å². The summed E-state index contributed by atoms with van der Waals surface area (Å²) in [6.07, 6.45) is 28.1. The van der Waals surface area contributed by atoms with Gasteiger partial charge in [0.05, 0.1) is 12.7 Å². The average molecular weight is 1120 g/mol. The number of unbranched alkanes of at least 4 members (excludes halogenated alkanes) is 7. The molecule has 0 heterocycles. The molecule has 0 saturated heterocycles. The molecular weight excluding hydrogens is 1040 g/mol. The van der Waals surface area contributed by atoms with Gasteiger partial charge in [0, 0.05) is 23.8 Å². The summed E-state index contributed by atoms with van der Waals surface area (Å²) in [5, 5.41) is 60.6. The second-order valence-corrected chi connectivity index (χ2v) is 21.5. The Morgan fingerprint density at radius 2 is 1.19 bits per heavy atom. The number of aliphatic carboxylic acids is 1. The summed E-state index contributed by atoms with van der Waals surface area (Å²) in [6.45, 7) is 2.48. The number of aliphatic hydroxyl groups is 5. The number of phosphoric acid groups is 2. The maximum atomic E-state index is 13.4. The highest BCUT2D eigenvalue weighted by atomic mass is 32.2. The Bertz CT molecular complexity index is 1940. The van der Waals surface area contributed by atoms with Gasteiger partial charge in [0.2, 0.25) is 0 Å². The highest BCUT2D eigenvalue weighted by Gasteiger charge is 2.54. The number of aliphatic hydroxyl groups excluding tert-OH is 5. The Balaban J connectivity index is 3.03. The lowest BCUT2D eigenvalue weighted by Gasteiger charge is -2.43. The first kappa shape index (κ1) is 69.7. The molecular formula is C52H85NO19P2S. The minimum atomic E-state index is -5.53. The Hall–Kier alpha value is -3.34. The van der Waals surface area contributed by atoms with Gasteiger partial charge in [0.25, 0.3) is 0 Å². The molecule has 0 radical (unpaired) electrons. The van der Waals surface area contributed by atoms with Gasteiger partial charge in [-0.15, -0.1) is 11.8 Å². The molecule has 23 heteroatoms. The van der Waals surface area contributed by atoms with Crippen molar-refractivity contribution in [2.45, 2.75) is 190 Å². The first-order chi connectivity index (χ1) is 35.7. The highest BCUT2D eigenvalue weighted by molar-refractivity contribution is 8.00. The highest BCUT2D eigenvalue weighted by Crippen LogP contribution is 2.50. The number of rotatable bonds is 42. The van der Waals surface area contributed by atoms with E-state index in [9.17, 15) is 63.7 Å². The molecule has 0 aromatic carbocycles. The number of esters is 2. The van der Waals surface area contributed by atoms with E-state index in [1.165, 1.54) is 6.42 Å². The number of nitrogens with two attached hydrogens (primary N) is 1. The van der Waals surface area contributed by atoms with Crippen LogP contribution in [0.25, 0.3) is 0 Å². The van der Waals surface area contributed by atoms with E-state index in [-0.39, 0.29) is 31.4 Å². The number of allylic oxidation sites excluding steroid dienone is 15. The fourth-order valence-corrected chi connectivity index (χ4v) is 9.68. The molecule has 11 N–H and O–H groups in total. The molecule has 11 atom stereocenters. The summed E-state index contributed by atoms with van der Waals surface area (Å²) in [7, 11) is -11.1. The number of thioether (sulfide) groups is 1. The molecule has 0 aromatic rings. The van der Waals surface area contributed by atoms with Crippen molar-refractivity contribution in [2.24, 2.45) is 5.73 Å². The van der Waals surface area contributed by atoms with Crippen LogP contribution in [0.15, 0.2) is 97.2 Å². The number of carboxylic acids is 1. The summed E-state index contributed by atoms with van der Waals surface area (Å²) in [5.74, 6) is -2.99. The van der Waals surface area contributed by atoms with Gasteiger partial charge in [-0.2, -0.15) is 0 Å². The summed E-state index contributed by atoms with van der Waals surface area (Å²) < 4.78 is 50.0. The Morgan fingerprint density at radius 1 is 0.640 bits per heavy atom. The molecule has 75 heavy (non-hydrogen) atoms. The molecule has 0 aliphatic heterocycles. The predicted octanol–water partition coefficient (Wildman–Crippen LogP) is 7.26. The average Bonchev–Trinajstić information content (AvgIpc) is 3.35. The van der Waals surface area contributed by atoms with Gasteiger partial charge < -0.3 is 60.5 Å². The van der Waals surface area contributed by atoms with Crippen LogP contribution in [0.3, 0.4) is 0 Å². The summed E-state index contributed by atoms with van der Waals surface area (Å²) in [6, 6.07) is -1.41. The van der Waals surface area contributed by atoms with Crippen LogP contribution >= 0.6 is 27.4 Å². The first-order valence-electron chi connectivity index (χ1n) is 25.7. The van der Waals surface area contributed by atoms with Gasteiger partial charge in [-0.3, -0.25) is 28.0 Å². The lowest BCUT2D eigenvalue weighted by atomic mass is 9.85. The monoisotopic (exact) mass is 1120 g/mol. The zero-order valence-corrected chi connectivity index (χ0v) is 46.0. The fraction of sp³-hybridized carbons (Fsp3) is 0.635. The lowest BCUT2D eigenvalue weighted by Crippen LogP contribution is -2.64. The quantitative estimate of drug-likeness (QED) is 0.00944. The zero-order chi connectivity index (χ0) is 55.9. The number of carbonyl (C=O) groups is 3. The number of ether oxygens (including phenoxy) is 2. The third-order valence-corrected chi connectivity index (χ3v) is 14.1. The molecule has 1 unspecified atom stereocenters. The number of carboxylic acid groups (broad SMARTS) is 1. The van der Waals surface area contributed by atoms with Gasteiger partial charge >= 0.3 is 33.6 Å². The maximum absolute atomic E-state index is 13.4. The van der Waals surface area contributed by atoms with Crippen molar-refractivity contribution in [3.05, 3.63) is 97.2 Å². The topological polar surface area (TPSA) is 340 Å². The van der Waals surface area contributed by atoms with Gasteiger partial charge in [-0.05, 0) is 77.0 Å². The number of phosphoric ester groups is 2. The van der Waals surface area contributed by atoms with E-state index in [4.69, 9.17) is 29.4 Å². The largest absolute Gasteiger partial charge is 0.481 e. The van der Waals surface area contributed by atoms with E-state index < -0.39 is 107 Å². The van der Waals surface area contributed by atoms with E-state index in [1.807, 2.05) is 12.2 Å². The molecule has 1 rings (SSSR count). The predicted molar refractivity (Wildman–Crippen MR) is 288 cm³/mol. The van der Waals surface area contributed by atoms with Crippen LogP contribution in [-0.4, -0.2) is 142 Å². The lowest BCUT2D eigenvalue weighted by molar-refractivity contribution is -0.216. The van der Waals surface area contributed by atoms with Crippen LogP contribution in [-0.2, 0) is 46.6 Å². The Kier molecular flexibility index (Phi) is 38.8. The van der Waals surface area contributed by atoms with E-state index in [2.05, 4.69) is 79.1 Å². The van der Waals surface area contributed by atoms with Gasteiger partial charge in [0.1, 0.15) is 49.3 Å². The van der Waals surface area contributed by atoms with Crippen LogP contribution < -0.4 is 5.73 Å². The fourth-order valence-electron chi connectivity index (χ4n) is 7.02. The van der Waals surface area contributed by atoms with E-state index in [0.717, 1.165) is 82.4 Å². The van der Waals surface area contributed by atoms with Crippen molar-refractivity contribution in [2.75, 3.05) is 19.0 Å². The van der Waals surface area contributed by atoms with E-state index >= 15 is 0 Å². The SMILES string of the molecule is CC/C=C\C/C=C\C/C=C\C/C=C\CCCCCCC(=O)OC[C@H](COP(=O)(O)O[C@H]1[C@H](O)[C@@H](O)[C@H](O)[C@@H](O)[C@H]1OP(=O)(O)O)OC(=O)[C@@H](N)CS[C@H](/C=C/C=C/C=C\C/C=C\CCCCC)[C@@H](O)CCCC(=O)O. The van der Waals surface area contributed by atoms with Crippen molar-refractivity contribution >= 4 is 45.3 Å². The van der Waals surface area contributed by atoms with Gasteiger partial charge in [0.15, 0.2) is 6.10 Å².